The Morgan fingerprint density at radius 2 is 2.00 bits per heavy atom. The maximum Gasteiger partial charge on any atom is 0.341 e. The number of sulfone groups is 1. The third kappa shape index (κ3) is 6.64. The number of aliphatic carboxylic acids is 1. The minimum absolute atomic E-state index is 0.0408. The summed E-state index contributed by atoms with van der Waals surface area (Å²) in [5.41, 5.74) is 0.262. The van der Waals surface area contributed by atoms with Gasteiger partial charge in [0.15, 0.2) is 6.61 Å². The van der Waals surface area contributed by atoms with E-state index in [9.17, 15) is 23.3 Å². The first-order valence-electron chi connectivity index (χ1n) is 8.55. The number of rotatable bonds is 9. The molecule has 158 valence electrons. The predicted molar refractivity (Wildman–Crippen MR) is 109 cm³/mol. The summed E-state index contributed by atoms with van der Waals surface area (Å²) in [5, 5.41) is 19.8. The summed E-state index contributed by atoms with van der Waals surface area (Å²) in [6.07, 6.45) is 1.31. The van der Waals surface area contributed by atoms with Crippen LogP contribution in [0.25, 0.3) is 6.08 Å². The largest absolute Gasteiger partial charge is 0.482 e. The van der Waals surface area contributed by atoms with Gasteiger partial charge in [0.2, 0.25) is 15.0 Å². The van der Waals surface area contributed by atoms with E-state index >= 15 is 0 Å². The number of carbonyl (C=O) groups is 2. The average Bonchev–Trinajstić information content (AvgIpc) is 3.13. The van der Waals surface area contributed by atoms with Crippen molar-refractivity contribution in [3.63, 3.8) is 0 Å². The van der Waals surface area contributed by atoms with Gasteiger partial charge in [-0.2, -0.15) is 14.6 Å². The van der Waals surface area contributed by atoms with E-state index < -0.39 is 28.3 Å². The van der Waals surface area contributed by atoms with Crippen molar-refractivity contribution in [3.05, 3.63) is 35.4 Å². The second-order valence-electron chi connectivity index (χ2n) is 6.43. The minimum Gasteiger partial charge on any atom is -0.482 e. The lowest BCUT2D eigenvalue weighted by Crippen LogP contribution is -2.15. The van der Waals surface area contributed by atoms with Gasteiger partial charge in [-0.3, -0.25) is 10.1 Å². The Balaban J connectivity index is 2.10. The number of anilines is 1. The molecule has 0 spiro atoms. The molecule has 0 atom stereocenters. The van der Waals surface area contributed by atoms with Gasteiger partial charge < -0.3 is 9.84 Å². The van der Waals surface area contributed by atoms with E-state index in [1.54, 1.807) is 32.0 Å². The van der Waals surface area contributed by atoms with Gasteiger partial charge in [-0.05, 0) is 29.7 Å². The van der Waals surface area contributed by atoms with Crippen molar-refractivity contribution in [2.75, 3.05) is 17.7 Å². The van der Waals surface area contributed by atoms with E-state index in [1.165, 1.54) is 18.2 Å². The van der Waals surface area contributed by atoms with E-state index in [0.717, 1.165) is 0 Å². The normalized spacial score (nSPS) is 11.7. The molecule has 12 heteroatoms. The maximum absolute atomic E-state index is 12.3. The van der Waals surface area contributed by atoms with Crippen molar-refractivity contribution in [3.8, 4) is 11.8 Å². The number of hydrogen-bond acceptors (Lipinski definition) is 9. The van der Waals surface area contributed by atoms with Gasteiger partial charge in [0.05, 0.1) is 5.75 Å². The first kappa shape index (κ1) is 23.0. The van der Waals surface area contributed by atoms with E-state index in [4.69, 9.17) is 9.84 Å². The molecular weight excluding hydrogens is 432 g/mol. The molecule has 0 fully saturated rings. The molecule has 0 saturated heterocycles. The summed E-state index contributed by atoms with van der Waals surface area (Å²) in [6.45, 7) is 3.01. The second-order valence-corrected chi connectivity index (χ2v) is 9.11. The Kier molecular flexibility index (Phi) is 7.62. The first-order chi connectivity index (χ1) is 14.1. The maximum atomic E-state index is 12.3. The lowest BCUT2D eigenvalue weighted by molar-refractivity contribution is -0.139. The van der Waals surface area contributed by atoms with Gasteiger partial charge in [-0.25, -0.2) is 13.2 Å². The van der Waals surface area contributed by atoms with Crippen molar-refractivity contribution in [1.29, 1.82) is 5.26 Å². The number of nitrogens with one attached hydrogen (secondary N) is 1. The van der Waals surface area contributed by atoms with Crippen LogP contribution in [-0.2, 0) is 19.4 Å². The molecule has 2 aromatic rings. The van der Waals surface area contributed by atoms with Crippen molar-refractivity contribution >= 4 is 44.5 Å². The summed E-state index contributed by atoms with van der Waals surface area (Å²) in [6, 6.07) is 7.85. The predicted octanol–water partition coefficient (Wildman–Crippen LogP) is 1.98. The van der Waals surface area contributed by atoms with Crippen molar-refractivity contribution in [1.82, 2.24) is 9.36 Å². The summed E-state index contributed by atoms with van der Waals surface area (Å²) in [4.78, 5) is 26.7. The van der Waals surface area contributed by atoms with Gasteiger partial charge in [-0.15, -0.1) is 0 Å². The summed E-state index contributed by atoms with van der Waals surface area (Å²) >= 11 is 0.702. The van der Waals surface area contributed by atoms with E-state index in [2.05, 4.69) is 14.7 Å². The fourth-order valence-electron chi connectivity index (χ4n) is 2.19. The minimum atomic E-state index is -3.65. The van der Waals surface area contributed by atoms with E-state index in [0.29, 0.717) is 22.8 Å². The number of nitrogens with zero attached hydrogens (tertiary/aromatic N) is 3. The monoisotopic (exact) mass is 450 g/mol. The number of aromatic nitrogens is 2. The fourth-order valence-corrected chi connectivity index (χ4v) is 4.54. The van der Waals surface area contributed by atoms with E-state index in [-0.39, 0.29) is 27.5 Å². The standard InChI is InChI=1S/C18H18N4O6S2/c1-11(2)10-30(26,27)18-21-17(29-22-18)20-16(25)13(8-19)7-12-3-5-14(6-4-12)28-9-15(23)24/h3-7,11H,9-10H2,1-2H3,(H,23,24)(H,20,21,22,25)/b13-7-. The third-order valence-corrected chi connectivity index (χ3v) is 5.97. The molecule has 0 aliphatic rings. The van der Waals surface area contributed by atoms with Crippen LogP contribution in [-0.4, -0.2) is 47.1 Å². The van der Waals surface area contributed by atoms with Crippen molar-refractivity contribution < 1.29 is 27.9 Å². The lowest BCUT2D eigenvalue weighted by atomic mass is 10.1. The highest BCUT2D eigenvalue weighted by Crippen LogP contribution is 2.19. The topological polar surface area (TPSA) is 159 Å². The number of benzene rings is 1. The van der Waals surface area contributed by atoms with Crippen LogP contribution in [0.15, 0.2) is 35.0 Å². The highest BCUT2D eigenvalue weighted by atomic mass is 32.2. The Morgan fingerprint density at radius 1 is 1.33 bits per heavy atom. The summed E-state index contributed by atoms with van der Waals surface area (Å²) in [5.74, 6) is -1.79. The molecular formula is C18H18N4O6S2. The first-order valence-corrected chi connectivity index (χ1v) is 11.0. The lowest BCUT2D eigenvalue weighted by Gasteiger charge is -2.04. The molecule has 0 saturated carbocycles. The van der Waals surface area contributed by atoms with Crippen molar-refractivity contribution in [2.45, 2.75) is 19.0 Å². The molecule has 1 aromatic carbocycles. The quantitative estimate of drug-likeness (QED) is 0.430. The molecule has 30 heavy (non-hydrogen) atoms. The molecule has 0 bridgehead atoms. The molecule has 1 heterocycles. The third-order valence-electron chi connectivity index (χ3n) is 3.38. The Morgan fingerprint density at radius 3 is 2.57 bits per heavy atom. The second kappa shape index (κ2) is 9.95. The molecule has 2 N–H and O–H groups in total. The molecule has 10 nitrogen and oxygen atoms in total. The molecule has 2 rings (SSSR count). The number of amides is 1. The summed E-state index contributed by atoms with van der Waals surface area (Å²) in [7, 11) is -3.65. The number of nitriles is 1. The molecule has 0 aliphatic heterocycles. The van der Waals surface area contributed by atoms with Crippen LogP contribution in [0.1, 0.15) is 19.4 Å². The SMILES string of the molecule is CC(C)CS(=O)(=O)c1nsc(NC(=O)/C(C#N)=C\c2ccc(OCC(=O)O)cc2)n1. The Bertz CT molecular complexity index is 1100. The zero-order valence-corrected chi connectivity index (χ0v) is 17.7. The highest BCUT2D eigenvalue weighted by Gasteiger charge is 2.23. The highest BCUT2D eigenvalue weighted by molar-refractivity contribution is 7.91. The number of hydrogen-bond donors (Lipinski definition) is 2. The number of ether oxygens (including phenoxy) is 1. The Hall–Kier alpha value is -3.30. The summed E-state index contributed by atoms with van der Waals surface area (Å²) < 4.78 is 33.1. The molecule has 1 amide bonds. The molecule has 0 unspecified atom stereocenters. The molecule has 0 radical (unpaired) electrons. The van der Waals surface area contributed by atoms with Crippen LogP contribution in [0.2, 0.25) is 0 Å². The Labute approximate surface area is 176 Å². The molecule has 0 aliphatic carbocycles. The van der Waals surface area contributed by atoms with E-state index in [1.807, 2.05) is 0 Å². The number of carboxylic acids is 1. The van der Waals surface area contributed by atoms with Gasteiger partial charge >= 0.3 is 5.97 Å². The van der Waals surface area contributed by atoms with Crippen LogP contribution < -0.4 is 10.1 Å². The van der Waals surface area contributed by atoms with Crippen LogP contribution in [0.4, 0.5) is 5.13 Å². The average molecular weight is 450 g/mol. The fraction of sp³-hybridized carbons (Fsp3) is 0.278. The van der Waals surface area contributed by atoms with Crippen LogP contribution in [0.3, 0.4) is 0 Å². The smallest absolute Gasteiger partial charge is 0.341 e. The van der Waals surface area contributed by atoms with Crippen LogP contribution >= 0.6 is 11.5 Å². The zero-order valence-electron chi connectivity index (χ0n) is 16.0. The molecule has 1 aromatic heterocycles. The van der Waals surface area contributed by atoms with Gasteiger partial charge in [0.1, 0.15) is 17.4 Å². The van der Waals surface area contributed by atoms with Crippen LogP contribution in [0.5, 0.6) is 5.75 Å². The number of carboxylic acid groups (broad SMARTS) is 1. The zero-order chi connectivity index (χ0) is 22.3. The number of carbonyl (C=O) groups excluding carboxylic acids is 1. The van der Waals surface area contributed by atoms with Crippen LogP contribution in [0, 0.1) is 17.2 Å². The van der Waals surface area contributed by atoms with Crippen molar-refractivity contribution in [2.24, 2.45) is 5.92 Å². The van der Waals surface area contributed by atoms with Gasteiger partial charge in [0.25, 0.3) is 11.1 Å². The van der Waals surface area contributed by atoms with Gasteiger partial charge in [-0.1, -0.05) is 26.0 Å². The van der Waals surface area contributed by atoms with Gasteiger partial charge in [0, 0.05) is 11.5 Å².